The van der Waals surface area contributed by atoms with Crippen molar-refractivity contribution in [2.24, 2.45) is 0 Å². The lowest BCUT2D eigenvalue weighted by Crippen LogP contribution is -2.43. The van der Waals surface area contributed by atoms with Crippen molar-refractivity contribution in [2.75, 3.05) is 0 Å². The second-order valence-corrected chi connectivity index (χ2v) is 6.11. The Morgan fingerprint density at radius 1 is 1.16 bits per heavy atom. The van der Waals surface area contributed by atoms with Gasteiger partial charge in [0.05, 0.1) is 6.04 Å². The van der Waals surface area contributed by atoms with E-state index in [2.05, 4.69) is 10.6 Å². The van der Waals surface area contributed by atoms with Gasteiger partial charge in [0, 0.05) is 6.42 Å². The Hall–Kier alpha value is -2.76. The Morgan fingerprint density at radius 3 is 2.52 bits per heavy atom. The summed E-state index contributed by atoms with van der Waals surface area (Å²) < 4.78 is 27.0. The first-order valence-corrected chi connectivity index (χ1v) is 8.11. The molecular weight excluding hydrogens is 326 g/mol. The fourth-order valence-electron chi connectivity index (χ4n) is 2.96. The summed E-state index contributed by atoms with van der Waals surface area (Å²) in [4.78, 5) is 23.7. The quantitative estimate of drug-likeness (QED) is 0.876. The average Bonchev–Trinajstić information content (AvgIpc) is 3.01. The summed E-state index contributed by atoms with van der Waals surface area (Å²) in [6.07, 6.45) is 1.06. The Bertz CT molecular complexity index is 794. The molecule has 1 aliphatic rings. The number of carbonyl (C=O) groups is 2. The summed E-state index contributed by atoms with van der Waals surface area (Å²) in [5, 5.41) is 5.46. The summed E-state index contributed by atoms with van der Waals surface area (Å²) in [7, 11) is 0. The van der Waals surface area contributed by atoms with E-state index in [9.17, 15) is 18.4 Å². The molecule has 2 N–H and O–H groups in total. The molecule has 1 heterocycles. The number of rotatable bonds is 5. The molecule has 2 amide bonds. The van der Waals surface area contributed by atoms with E-state index >= 15 is 0 Å². The highest BCUT2D eigenvalue weighted by Crippen LogP contribution is 2.21. The predicted molar refractivity (Wildman–Crippen MR) is 88.6 cm³/mol. The zero-order valence-corrected chi connectivity index (χ0v) is 13.5. The van der Waals surface area contributed by atoms with Gasteiger partial charge in [-0.05, 0) is 48.2 Å². The van der Waals surface area contributed by atoms with Crippen molar-refractivity contribution < 1.29 is 18.4 Å². The maximum Gasteiger partial charge on any atom is 0.243 e. The van der Waals surface area contributed by atoms with E-state index in [1.165, 1.54) is 24.3 Å². The van der Waals surface area contributed by atoms with Gasteiger partial charge >= 0.3 is 0 Å². The minimum absolute atomic E-state index is 0.160. The van der Waals surface area contributed by atoms with E-state index in [-0.39, 0.29) is 17.6 Å². The van der Waals surface area contributed by atoms with Crippen LogP contribution in [-0.4, -0.2) is 17.9 Å². The predicted octanol–water partition coefficient (Wildman–Crippen LogP) is 2.64. The molecule has 0 aliphatic carbocycles. The second kappa shape index (κ2) is 7.42. The molecule has 2 aromatic rings. The van der Waals surface area contributed by atoms with Crippen LogP contribution in [0.4, 0.5) is 8.78 Å². The first kappa shape index (κ1) is 17.1. The molecule has 3 rings (SSSR count). The summed E-state index contributed by atoms with van der Waals surface area (Å²) in [5.74, 6) is -1.26. The summed E-state index contributed by atoms with van der Waals surface area (Å²) in [6, 6.07) is 10.9. The summed E-state index contributed by atoms with van der Waals surface area (Å²) in [5.41, 5.74) is 1.27. The molecule has 1 aliphatic heterocycles. The number of carbonyl (C=O) groups excluding carboxylic acids is 2. The van der Waals surface area contributed by atoms with Gasteiger partial charge < -0.3 is 10.6 Å². The van der Waals surface area contributed by atoms with E-state index in [4.69, 9.17) is 0 Å². The van der Waals surface area contributed by atoms with Crippen LogP contribution in [-0.2, 0) is 16.0 Å². The lowest BCUT2D eigenvalue weighted by molar-refractivity contribution is -0.126. The van der Waals surface area contributed by atoms with Gasteiger partial charge in [0.25, 0.3) is 0 Å². The molecule has 25 heavy (non-hydrogen) atoms. The smallest absolute Gasteiger partial charge is 0.243 e. The van der Waals surface area contributed by atoms with Crippen molar-refractivity contribution in [1.29, 1.82) is 0 Å². The number of hydrogen-bond acceptors (Lipinski definition) is 2. The van der Waals surface area contributed by atoms with Crippen molar-refractivity contribution in [3.8, 4) is 0 Å². The molecule has 0 aromatic heterocycles. The number of amides is 2. The topological polar surface area (TPSA) is 58.2 Å². The minimum Gasteiger partial charge on any atom is -0.347 e. The molecule has 6 heteroatoms. The molecular formula is C19H18F2N2O2. The SMILES string of the molecule is O=C1CC[C@H](C(=O)N[C@H](Cc2cccc(F)c2)c2cccc(F)c2)N1. The van der Waals surface area contributed by atoms with Crippen molar-refractivity contribution >= 4 is 11.8 Å². The van der Waals surface area contributed by atoms with Crippen molar-refractivity contribution in [3.05, 3.63) is 71.3 Å². The van der Waals surface area contributed by atoms with E-state index in [0.29, 0.717) is 30.4 Å². The Morgan fingerprint density at radius 2 is 1.88 bits per heavy atom. The van der Waals surface area contributed by atoms with Crippen LogP contribution in [0.25, 0.3) is 0 Å². The van der Waals surface area contributed by atoms with Gasteiger partial charge in [-0.25, -0.2) is 8.78 Å². The van der Waals surface area contributed by atoms with Gasteiger partial charge in [-0.2, -0.15) is 0 Å². The first-order chi connectivity index (χ1) is 12.0. The average molecular weight is 344 g/mol. The minimum atomic E-state index is -0.587. The molecule has 0 radical (unpaired) electrons. The number of hydrogen-bond donors (Lipinski definition) is 2. The van der Waals surface area contributed by atoms with Crippen LogP contribution in [0.2, 0.25) is 0 Å². The van der Waals surface area contributed by atoms with Gasteiger partial charge in [0.15, 0.2) is 0 Å². The van der Waals surface area contributed by atoms with Crippen molar-refractivity contribution in [2.45, 2.75) is 31.3 Å². The van der Waals surface area contributed by atoms with Gasteiger partial charge in [-0.3, -0.25) is 9.59 Å². The van der Waals surface area contributed by atoms with E-state index in [1.807, 2.05) is 0 Å². The van der Waals surface area contributed by atoms with Crippen LogP contribution in [0.3, 0.4) is 0 Å². The fraction of sp³-hybridized carbons (Fsp3) is 0.263. The molecule has 2 atom stereocenters. The standard InChI is InChI=1S/C19H18F2N2O2/c20-14-5-1-3-12(9-14)10-17(13-4-2-6-15(21)11-13)23-19(25)16-7-8-18(24)22-16/h1-6,9,11,16-17H,7-8,10H2,(H,22,24)(H,23,25)/t16-,17-/m1/s1. The highest BCUT2D eigenvalue weighted by atomic mass is 19.1. The van der Waals surface area contributed by atoms with E-state index < -0.39 is 17.9 Å². The molecule has 0 spiro atoms. The number of benzene rings is 2. The second-order valence-electron chi connectivity index (χ2n) is 6.11. The van der Waals surface area contributed by atoms with Gasteiger partial charge in [0.1, 0.15) is 17.7 Å². The zero-order chi connectivity index (χ0) is 17.8. The van der Waals surface area contributed by atoms with Crippen LogP contribution in [0.1, 0.15) is 30.0 Å². The third kappa shape index (κ3) is 4.41. The van der Waals surface area contributed by atoms with Crippen LogP contribution in [0.5, 0.6) is 0 Å². The summed E-state index contributed by atoms with van der Waals surface area (Å²) >= 11 is 0. The van der Waals surface area contributed by atoms with Gasteiger partial charge in [-0.1, -0.05) is 24.3 Å². The highest BCUT2D eigenvalue weighted by Gasteiger charge is 2.29. The Balaban J connectivity index is 1.81. The molecule has 0 bridgehead atoms. The fourth-order valence-corrected chi connectivity index (χ4v) is 2.96. The maximum absolute atomic E-state index is 13.6. The molecule has 1 saturated heterocycles. The summed E-state index contributed by atoms with van der Waals surface area (Å²) in [6.45, 7) is 0. The van der Waals surface area contributed by atoms with Crippen molar-refractivity contribution in [1.82, 2.24) is 10.6 Å². The molecule has 4 nitrogen and oxygen atoms in total. The first-order valence-electron chi connectivity index (χ1n) is 8.11. The van der Waals surface area contributed by atoms with Crippen LogP contribution < -0.4 is 10.6 Å². The van der Waals surface area contributed by atoms with Crippen molar-refractivity contribution in [3.63, 3.8) is 0 Å². The maximum atomic E-state index is 13.6. The van der Waals surface area contributed by atoms with Gasteiger partial charge in [0.2, 0.25) is 11.8 Å². The molecule has 130 valence electrons. The number of halogens is 2. The van der Waals surface area contributed by atoms with E-state index in [0.717, 1.165) is 0 Å². The molecule has 1 fully saturated rings. The third-order valence-electron chi connectivity index (χ3n) is 4.21. The highest BCUT2D eigenvalue weighted by molar-refractivity contribution is 5.91. The van der Waals surface area contributed by atoms with E-state index in [1.54, 1.807) is 24.3 Å². The Kier molecular flexibility index (Phi) is 5.07. The largest absolute Gasteiger partial charge is 0.347 e. The monoisotopic (exact) mass is 344 g/mol. The molecule has 0 unspecified atom stereocenters. The zero-order valence-electron chi connectivity index (χ0n) is 13.5. The van der Waals surface area contributed by atoms with Gasteiger partial charge in [-0.15, -0.1) is 0 Å². The van der Waals surface area contributed by atoms with Crippen LogP contribution >= 0.6 is 0 Å². The third-order valence-corrected chi connectivity index (χ3v) is 4.21. The lowest BCUT2D eigenvalue weighted by atomic mass is 9.98. The molecule has 2 aromatic carbocycles. The normalized spacial score (nSPS) is 17.8. The Labute approximate surface area is 144 Å². The lowest BCUT2D eigenvalue weighted by Gasteiger charge is -2.22. The van der Waals surface area contributed by atoms with Crippen LogP contribution in [0.15, 0.2) is 48.5 Å². The number of nitrogens with one attached hydrogen (secondary N) is 2. The molecule has 0 saturated carbocycles. The van der Waals surface area contributed by atoms with Crippen LogP contribution in [0, 0.1) is 11.6 Å².